The molecule has 0 fully saturated rings. The van der Waals surface area contributed by atoms with Crippen LogP contribution in [0.3, 0.4) is 0 Å². The molecule has 0 aliphatic heterocycles. The molecular formula is C20H19N3OS2. The summed E-state index contributed by atoms with van der Waals surface area (Å²) < 4.78 is 5.63. The van der Waals surface area contributed by atoms with Crippen LogP contribution in [0.5, 0.6) is 0 Å². The van der Waals surface area contributed by atoms with Gasteiger partial charge < -0.3 is 9.32 Å². The van der Waals surface area contributed by atoms with Gasteiger partial charge in [0, 0.05) is 9.75 Å². The molecule has 0 atom stereocenters. The van der Waals surface area contributed by atoms with Gasteiger partial charge in [-0.15, -0.1) is 22.7 Å². The minimum atomic E-state index is 0.710. The molecule has 1 aliphatic rings. The third-order valence-electron chi connectivity index (χ3n) is 4.88. The number of rotatable bonds is 5. The van der Waals surface area contributed by atoms with Crippen molar-refractivity contribution < 1.29 is 4.42 Å². The van der Waals surface area contributed by atoms with Crippen LogP contribution in [0.25, 0.3) is 10.2 Å². The molecule has 4 nitrogen and oxygen atoms in total. The first kappa shape index (κ1) is 16.0. The summed E-state index contributed by atoms with van der Waals surface area (Å²) in [7, 11) is 0. The van der Waals surface area contributed by atoms with Crippen molar-refractivity contribution in [3.63, 3.8) is 0 Å². The van der Waals surface area contributed by atoms with E-state index in [4.69, 9.17) is 9.40 Å². The number of fused-ring (bicyclic) bond motifs is 3. The number of aryl methyl sites for hydroxylation is 2. The second kappa shape index (κ2) is 6.85. The fourth-order valence-electron chi connectivity index (χ4n) is 3.70. The molecule has 26 heavy (non-hydrogen) atoms. The van der Waals surface area contributed by atoms with E-state index in [1.54, 1.807) is 23.9 Å². The van der Waals surface area contributed by atoms with Gasteiger partial charge in [0.2, 0.25) is 0 Å². The molecule has 0 amide bonds. The lowest BCUT2D eigenvalue weighted by Crippen LogP contribution is -2.23. The third kappa shape index (κ3) is 2.93. The van der Waals surface area contributed by atoms with Gasteiger partial charge in [-0.2, -0.15) is 0 Å². The molecule has 0 spiro atoms. The van der Waals surface area contributed by atoms with Crippen LogP contribution in [0.15, 0.2) is 46.7 Å². The van der Waals surface area contributed by atoms with E-state index in [1.165, 1.54) is 40.0 Å². The molecule has 5 rings (SSSR count). The van der Waals surface area contributed by atoms with Gasteiger partial charge in [0.25, 0.3) is 0 Å². The predicted molar refractivity (Wildman–Crippen MR) is 107 cm³/mol. The number of furan rings is 1. The van der Waals surface area contributed by atoms with E-state index < -0.39 is 0 Å². The maximum absolute atomic E-state index is 5.63. The largest absolute Gasteiger partial charge is 0.467 e. The molecule has 0 saturated heterocycles. The zero-order chi connectivity index (χ0) is 17.3. The second-order valence-corrected chi connectivity index (χ2v) is 8.72. The summed E-state index contributed by atoms with van der Waals surface area (Å²) >= 11 is 3.63. The highest BCUT2D eigenvalue weighted by Gasteiger charge is 2.23. The minimum Gasteiger partial charge on any atom is -0.467 e. The molecule has 0 unspecified atom stereocenters. The lowest BCUT2D eigenvalue weighted by Gasteiger charge is -2.23. The topological polar surface area (TPSA) is 42.2 Å². The zero-order valence-electron chi connectivity index (χ0n) is 14.4. The minimum absolute atomic E-state index is 0.710. The maximum Gasteiger partial charge on any atom is 0.141 e. The van der Waals surface area contributed by atoms with Crippen molar-refractivity contribution in [1.29, 1.82) is 0 Å². The van der Waals surface area contributed by atoms with Gasteiger partial charge in [-0.3, -0.25) is 0 Å². The van der Waals surface area contributed by atoms with Gasteiger partial charge in [-0.1, -0.05) is 6.07 Å². The van der Waals surface area contributed by atoms with E-state index in [1.807, 2.05) is 23.5 Å². The van der Waals surface area contributed by atoms with Crippen LogP contribution in [0, 0.1) is 0 Å². The van der Waals surface area contributed by atoms with Gasteiger partial charge in [0.15, 0.2) is 0 Å². The Morgan fingerprint density at radius 3 is 2.88 bits per heavy atom. The van der Waals surface area contributed by atoms with E-state index in [0.29, 0.717) is 6.54 Å². The molecule has 6 heteroatoms. The first-order valence-corrected chi connectivity index (χ1v) is 10.6. The summed E-state index contributed by atoms with van der Waals surface area (Å²) in [4.78, 5) is 15.6. The van der Waals surface area contributed by atoms with Crippen LogP contribution >= 0.6 is 22.7 Å². The molecular weight excluding hydrogens is 362 g/mol. The number of nitrogens with zero attached hydrogens (tertiary/aromatic N) is 3. The average molecular weight is 382 g/mol. The Kier molecular flexibility index (Phi) is 4.22. The van der Waals surface area contributed by atoms with Crippen molar-refractivity contribution in [3.05, 3.63) is 63.3 Å². The van der Waals surface area contributed by atoms with Gasteiger partial charge in [-0.05, 0) is 54.8 Å². The highest BCUT2D eigenvalue weighted by molar-refractivity contribution is 7.19. The Morgan fingerprint density at radius 2 is 2.04 bits per heavy atom. The zero-order valence-corrected chi connectivity index (χ0v) is 16.0. The van der Waals surface area contributed by atoms with Crippen molar-refractivity contribution in [1.82, 2.24) is 9.97 Å². The Hall–Kier alpha value is -2.18. The Bertz CT molecular complexity index is 969. The molecule has 4 aromatic rings. The predicted octanol–water partition coefficient (Wildman–Crippen LogP) is 5.43. The number of anilines is 1. The van der Waals surface area contributed by atoms with E-state index in [9.17, 15) is 0 Å². The van der Waals surface area contributed by atoms with E-state index in [2.05, 4.69) is 27.4 Å². The van der Waals surface area contributed by atoms with Gasteiger partial charge in [0.05, 0.1) is 24.7 Å². The van der Waals surface area contributed by atoms with E-state index >= 15 is 0 Å². The fourth-order valence-corrected chi connectivity index (χ4v) is 5.64. The molecule has 132 valence electrons. The van der Waals surface area contributed by atoms with Crippen molar-refractivity contribution in [2.75, 3.05) is 4.90 Å². The lowest BCUT2D eigenvalue weighted by molar-refractivity contribution is 0.501. The number of hydrogen-bond donors (Lipinski definition) is 0. The van der Waals surface area contributed by atoms with Crippen LogP contribution in [0.1, 0.15) is 33.9 Å². The summed E-state index contributed by atoms with van der Waals surface area (Å²) in [5.74, 6) is 2.00. The molecule has 0 radical (unpaired) electrons. The number of hydrogen-bond acceptors (Lipinski definition) is 6. The Labute approximate surface area is 160 Å². The molecule has 0 aromatic carbocycles. The first-order valence-electron chi connectivity index (χ1n) is 8.93. The van der Waals surface area contributed by atoms with Gasteiger partial charge >= 0.3 is 0 Å². The molecule has 4 aromatic heterocycles. The summed E-state index contributed by atoms with van der Waals surface area (Å²) in [5, 5.41) is 3.39. The van der Waals surface area contributed by atoms with Crippen LogP contribution < -0.4 is 4.90 Å². The monoisotopic (exact) mass is 381 g/mol. The summed E-state index contributed by atoms with van der Waals surface area (Å²) in [6, 6.07) is 8.26. The summed E-state index contributed by atoms with van der Waals surface area (Å²) in [6.07, 6.45) is 8.32. The number of aromatic nitrogens is 2. The van der Waals surface area contributed by atoms with Crippen molar-refractivity contribution in [2.45, 2.75) is 38.8 Å². The fraction of sp³-hybridized carbons (Fsp3) is 0.300. The van der Waals surface area contributed by atoms with Crippen LogP contribution in [0.2, 0.25) is 0 Å². The molecule has 4 heterocycles. The normalized spacial score (nSPS) is 13.8. The van der Waals surface area contributed by atoms with Crippen LogP contribution in [0.4, 0.5) is 5.82 Å². The maximum atomic E-state index is 5.63. The Balaban J connectivity index is 1.62. The second-order valence-electron chi connectivity index (χ2n) is 6.60. The molecule has 0 bridgehead atoms. The molecule has 1 aliphatic carbocycles. The van der Waals surface area contributed by atoms with Crippen molar-refractivity contribution in [3.8, 4) is 0 Å². The SMILES string of the molecule is c1coc(CN(Cc2cccs2)c2ncnc3sc4c(c23)CCCC4)c1. The summed E-state index contributed by atoms with van der Waals surface area (Å²) in [6.45, 7) is 1.54. The highest BCUT2D eigenvalue weighted by Crippen LogP contribution is 2.40. The van der Waals surface area contributed by atoms with Gasteiger partial charge in [0.1, 0.15) is 22.7 Å². The van der Waals surface area contributed by atoms with E-state index in [-0.39, 0.29) is 0 Å². The highest BCUT2D eigenvalue weighted by atomic mass is 32.1. The number of thiophene rings is 2. The standard InChI is InChI=1S/C20H19N3OS2/c1-2-8-17-16(7-1)18-19(21-13-22-20(18)26-17)23(11-14-5-3-9-24-14)12-15-6-4-10-25-15/h3-6,9-10,13H,1-2,7-8,11-12H2. The van der Waals surface area contributed by atoms with Crippen molar-refractivity contribution in [2.24, 2.45) is 0 Å². The quantitative estimate of drug-likeness (QED) is 0.462. The van der Waals surface area contributed by atoms with E-state index in [0.717, 1.165) is 29.4 Å². The van der Waals surface area contributed by atoms with Crippen LogP contribution in [-0.4, -0.2) is 9.97 Å². The first-order chi connectivity index (χ1) is 12.9. The lowest BCUT2D eigenvalue weighted by atomic mass is 9.97. The molecule has 0 saturated carbocycles. The van der Waals surface area contributed by atoms with Crippen molar-refractivity contribution >= 4 is 38.7 Å². The third-order valence-corrected chi connectivity index (χ3v) is 6.95. The van der Waals surface area contributed by atoms with Gasteiger partial charge in [-0.25, -0.2) is 9.97 Å². The molecule has 0 N–H and O–H groups in total. The smallest absolute Gasteiger partial charge is 0.141 e. The van der Waals surface area contributed by atoms with Crippen LogP contribution in [-0.2, 0) is 25.9 Å². The average Bonchev–Trinajstić information content (AvgIpc) is 3.41. The Morgan fingerprint density at radius 1 is 1.08 bits per heavy atom. The summed E-state index contributed by atoms with van der Waals surface area (Å²) in [5.41, 5.74) is 1.47.